The van der Waals surface area contributed by atoms with Gasteiger partial charge < -0.3 is 10.1 Å². The molecule has 1 aliphatic heterocycles. The Morgan fingerprint density at radius 2 is 1.86 bits per heavy atom. The fourth-order valence-corrected chi connectivity index (χ4v) is 4.36. The number of ether oxygens (including phenoxy) is 1. The minimum absolute atomic E-state index is 0.0590. The molecule has 0 spiro atoms. The van der Waals surface area contributed by atoms with Crippen molar-refractivity contribution in [2.75, 3.05) is 38.1 Å². The van der Waals surface area contributed by atoms with Crippen LogP contribution in [0.1, 0.15) is 25.0 Å². The van der Waals surface area contributed by atoms with Crippen molar-refractivity contribution in [3.05, 3.63) is 60.2 Å². The van der Waals surface area contributed by atoms with Crippen molar-refractivity contribution in [1.29, 1.82) is 0 Å². The Balaban J connectivity index is 1.45. The number of carbonyl (C=O) groups excluding carboxylic acids is 1. The second-order valence-electron chi connectivity index (χ2n) is 7.03. The first-order chi connectivity index (χ1) is 13.9. The monoisotopic (exact) mass is 417 g/mol. The number of amides is 1. The van der Waals surface area contributed by atoms with E-state index in [1.54, 1.807) is 12.1 Å². The maximum Gasteiger partial charge on any atom is 0.240 e. The van der Waals surface area contributed by atoms with E-state index in [1.807, 2.05) is 18.2 Å². The summed E-state index contributed by atoms with van der Waals surface area (Å²) in [5.41, 5.74) is 1.73. The Morgan fingerprint density at radius 3 is 2.55 bits per heavy atom. The van der Waals surface area contributed by atoms with Gasteiger partial charge in [0.05, 0.1) is 17.6 Å². The van der Waals surface area contributed by atoms with Gasteiger partial charge in [0, 0.05) is 32.2 Å². The third-order valence-electron chi connectivity index (χ3n) is 4.75. The molecule has 1 fully saturated rings. The maximum absolute atomic E-state index is 12.4. The number of nitrogens with zero attached hydrogens (tertiary/aromatic N) is 1. The van der Waals surface area contributed by atoms with Gasteiger partial charge in [-0.1, -0.05) is 30.3 Å². The average Bonchev–Trinajstić information content (AvgIpc) is 2.72. The van der Waals surface area contributed by atoms with Crippen molar-refractivity contribution in [1.82, 2.24) is 9.62 Å². The highest BCUT2D eigenvalue weighted by Crippen LogP contribution is 2.22. The van der Waals surface area contributed by atoms with E-state index >= 15 is 0 Å². The predicted octanol–water partition coefficient (Wildman–Crippen LogP) is 2.39. The fourth-order valence-electron chi connectivity index (χ4n) is 3.29. The number of carbonyl (C=O) groups is 1. The van der Waals surface area contributed by atoms with Gasteiger partial charge in [-0.05, 0) is 42.8 Å². The second-order valence-corrected chi connectivity index (χ2v) is 8.79. The molecule has 1 heterocycles. The van der Waals surface area contributed by atoms with E-state index in [1.165, 1.54) is 24.6 Å². The number of sulfonamides is 1. The number of hydrogen-bond acceptors (Lipinski definition) is 5. The summed E-state index contributed by atoms with van der Waals surface area (Å²) in [5, 5.41) is 2.62. The third kappa shape index (κ3) is 6.37. The normalized spacial score (nSPS) is 17.8. The molecule has 1 saturated heterocycles. The van der Waals surface area contributed by atoms with Crippen molar-refractivity contribution in [3.8, 4) is 0 Å². The van der Waals surface area contributed by atoms with Crippen LogP contribution in [0.15, 0.2) is 59.5 Å². The molecule has 1 atom stereocenters. The zero-order valence-electron chi connectivity index (χ0n) is 16.5. The van der Waals surface area contributed by atoms with Crippen molar-refractivity contribution in [3.63, 3.8) is 0 Å². The van der Waals surface area contributed by atoms with E-state index in [9.17, 15) is 13.2 Å². The highest BCUT2D eigenvalue weighted by Gasteiger charge is 2.21. The molecule has 0 saturated carbocycles. The molecular formula is C21H27N3O4S. The number of nitrogens with one attached hydrogen (secondary N) is 2. The molecule has 1 amide bonds. The zero-order chi connectivity index (χ0) is 20.7. The van der Waals surface area contributed by atoms with E-state index in [2.05, 4.69) is 27.1 Å². The van der Waals surface area contributed by atoms with Gasteiger partial charge in [-0.25, -0.2) is 13.1 Å². The van der Waals surface area contributed by atoms with E-state index in [0.717, 1.165) is 19.6 Å². The van der Waals surface area contributed by atoms with Gasteiger partial charge in [-0.15, -0.1) is 0 Å². The van der Waals surface area contributed by atoms with E-state index in [4.69, 9.17) is 4.74 Å². The summed E-state index contributed by atoms with van der Waals surface area (Å²) in [6.07, 6.45) is 0.772. The third-order valence-corrected chi connectivity index (χ3v) is 6.23. The molecular weight excluding hydrogens is 390 g/mol. The van der Waals surface area contributed by atoms with Crippen molar-refractivity contribution < 1.29 is 17.9 Å². The number of hydrogen-bond donors (Lipinski definition) is 2. The molecule has 29 heavy (non-hydrogen) atoms. The lowest BCUT2D eigenvalue weighted by molar-refractivity contribution is -0.114. The van der Waals surface area contributed by atoms with Gasteiger partial charge in [0.25, 0.3) is 0 Å². The summed E-state index contributed by atoms with van der Waals surface area (Å²) in [4.78, 5) is 13.5. The van der Waals surface area contributed by atoms with Crippen LogP contribution in [-0.2, 0) is 19.6 Å². The first-order valence-corrected chi connectivity index (χ1v) is 11.2. The second kappa shape index (κ2) is 9.98. The van der Waals surface area contributed by atoms with Gasteiger partial charge in [-0.3, -0.25) is 9.69 Å². The van der Waals surface area contributed by atoms with Gasteiger partial charge >= 0.3 is 0 Å². The largest absolute Gasteiger partial charge is 0.371 e. The summed E-state index contributed by atoms with van der Waals surface area (Å²) < 4.78 is 33.4. The summed E-state index contributed by atoms with van der Waals surface area (Å²) in [7, 11) is -3.57. The molecule has 2 N–H and O–H groups in total. The minimum Gasteiger partial charge on any atom is -0.371 e. The van der Waals surface area contributed by atoms with Crippen LogP contribution in [0.25, 0.3) is 0 Å². The van der Waals surface area contributed by atoms with Crippen LogP contribution >= 0.6 is 0 Å². The summed E-state index contributed by atoms with van der Waals surface area (Å²) in [6.45, 7) is 4.90. The smallest absolute Gasteiger partial charge is 0.240 e. The van der Waals surface area contributed by atoms with Crippen LogP contribution in [0, 0.1) is 0 Å². The van der Waals surface area contributed by atoms with Crippen LogP contribution in [-0.4, -0.2) is 52.0 Å². The predicted molar refractivity (Wildman–Crippen MR) is 112 cm³/mol. The Hall–Kier alpha value is -2.26. The fraction of sp³-hybridized carbons (Fsp3) is 0.381. The Bertz CT molecular complexity index is 901. The molecule has 1 aliphatic rings. The molecule has 2 aromatic rings. The highest BCUT2D eigenvalue weighted by atomic mass is 32.2. The SMILES string of the molecule is CC(=O)Nc1ccc(S(=O)(=O)NCCCN2CCO[C@@H](c3ccccc3)C2)cc1. The van der Waals surface area contributed by atoms with Crippen LogP contribution in [0.5, 0.6) is 0 Å². The molecule has 8 heteroatoms. The van der Waals surface area contributed by atoms with Gasteiger partial charge in [-0.2, -0.15) is 0 Å². The molecule has 0 aliphatic carbocycles. The lowest BCUT2D eigenvalue weighted by Crippen LogP contribution is -2.39. The molecule has 7 nitrogen and oxygen atoms in total. The Labute approximate surface area is 172 Å². The lowest BCUT2D eigenvalue weighted by Gasteiger charge is -2.33. The van der Waals surface area contributed by atoms with E-state index in [0.29, 0.717) is 25.3 Å². The molecule has 2 aromatic carbocycles. The first kappa shape index (κ1) is 21.4. The van der Waals surface area contributed by atoms with Gasteiger partial charge in [0.15, 0.2) is 0 Å². The van der Waals surface area contributed by atoms with Gasteiger partial charge in [0.2, 0.25) is 15.9 Å². The molecule has 3 rings (SSSR count). The highest BCUT2D eigenvalue weighted by molar-refractivity contribution is 7.89. The number of benzene rings is 2. The summed E-state index contributed by atoms with van der Waals surface area (Å²) in [6, 6.07) is 16.3. The van der Waals surface area contributed by atoms with Crippen molar-refractivity contribution in [2.45, 2.75) is 24.3 Å². The molecule has 156 valence electrons. The quantitative estimate of drug-likeness (QED) is 0.644. The van der Waals surface area contributed by atoms with Crippen LogP contribution in [0.4, 0.5) is 5.69 Å². The standard InChI is InChI=1S/C21H27N3O4S/c1-17(25)23-19-8-10-20(11-9-19)29(26,27)22-12-5-13-24-14-15-28-21(16-24)18-6-3-2-4-7-18/h2-4,6-11,21-22H,5,12-16H2,1H3,(H,23,25)/t21-/m1/s1. The minimum atomic E-state index is -3.57. The first-order valence-electron chi connectivity index (χ1n) is 9.70. The number of morpholine rings is 1. The summed E-state index contributed by atoms with van der Waals surface area (Å²) >= 11 is 0. The van der Waals surface area contributed by atoms with Gasteiger partial charge in [0.1, 0.15) is 0 Å². The van der Waals surface area contributed by atoms with E-state index in [-0.39, 0.29) is 16.9 Å². The topological polar surface area (TPSA) is 87.7 Å². The Kier molecular flexibility index (Phi) is 7.38. The summed E-state index contributed by atoms with van der Waals surface area (Å²) in [5.74, 6) is -0.198. The Morgan fingerprint density at radius 1 is 1.14 bits per heavy atom. The van der Waals surface area contributed by atoms with Crippen LogP contribution in [0.2, 0.25) is 0 Å². The van der Waals surface area contributed by atoms with Crippen molar-refractivity contribution in [2.24, 2.45) is 0 Å². The molecule has 0 bridgehead atoms. The maximum atomic E-state index is 12.4. The van der Waals surface area contributed by atoms with Crippen molar-refractivity contribution >= 4 is 21.6 Å². The molecule has 0 unspecified atom stereocenters. The molecule has 0 aromatic heterocycles. The average molecular weight is 418 g/mol. The van der Waals surface area contributed by atoms with Crippen LogP contribution < -0.4 is 10.0 Å². The van der Waals surface area contributed by atoms with Crippen LogP contribution in [0.3, 0.4) is 0 Å². The number of rotatable bonds is 8. The molecule has 0 radical (unpaired) electrons. The zero-order valence-corrected chi connectivity index (χ0v) is 17.3. The lowest BCUT2D eigenvalue weighted by atomic mass is 10.1. The van der Waals surface area contributed by atoms with E-state index < -0.39 is 10.0 Å². The number of anilines is 1.